The van der Waals surface area contributed by atoms with Crippen LogP contribution in [0.5, 0.6) is 0 Å². The van der Waals surface area contributed by atoms with Gasteiger partial charge in [-0.1, -0.05) is 48.5 Å². The van der Waals surface area contributed by atoms with Gasteiger partial charge in [-0.15, -0.1) is 0 Å². The first-order chi connectivity index (χ1) is 13.8. The van der Waals surface area contributed by atoms with Crippen molar-refractivity contribution in [2.45, 2.75) is 13.0 Å². The van der Waals surface area contributed by atoms with Gasteiger partial charge in [0, 0.05) is 30.2 Å². The molecule has 0 spiro atoms. The van der Waals surface area contributed by atoms with Crippen molar-refractivity contribution < 1.29 is 4.79 Å². The van der Waals surface area contributed by atoms with Crippen LogP contribution >= 0.6 is 0 Å². The van der Waals surface area contributed by atoms with Gasteiger partial charge in [0.1, 0.15) is 0 Å². The number of carbonyl (C=O) groups is 1. The average molecular weight is 365 g/mol. The Balaban J connectivity index is 1.39. The molecule has 4 heteroatoms. The monoisotopic (exact) mass is 365 g/mol. The Morgan fingerprint density at radius 3 is 2.79 bits per heavy atom. The van der Waals surface area contributed by atoms with E-state index in [0.717, 1.165) is 34.6 Å². The van der Waals surface area contributed by atoms with Crippen LogP contribution in [0.2, 0.25) is 0 Å². The summed E-state index contributed by atoms with van der Waals surface area (Å²) in [4.78, 5) is 16.0. The van der Waals surface area contributed by atoms with E-state index in [4.69, 9.17) is 0 Å². The van der Waals surface area contributed by atoms with Crippen LogP contribution in [0.3, 0.4) is 0 Å². The van der Waals surface area contributed by atoms with Crippen LogP contribution in [-0.4, -0.2) is 10.9 Å². The number of hydrogen-bond acceptors (Lipinski definition) is 3. The van der Waals surface area contributed by atoms with Crippen molar-refractivity contribution in [2.24, 2.45) is 0 Å². The lowest BCUT2D eigenvalue weighted by molar-refractivity contribution is -0.115. The number of pyridine rings is 1. The van der Waals surface area contributed by atoms with Gasteiger partial charge in [0.05, 0.1) is 12.1 Å². The summed E-state index contributed by atoms with van der Waals surface area (Å²) in [6.45, 7) is 0.731. The predicted octanol–water partition coefficient (Wildman–Crippen LogP) is 5.01. The maximum atomic E-state index is 11.6. The molecule has 0 atom stereocenters. The fraction of sp³-hybridized carbons (Fsp3) is 0.0833. The second-order valence-electron chi connectivity index (χ2n) is 7.05. The Hall–Kier alpha value is -3.66. The molecule has 2 heterocycles. The lowest BCUT2D eigenvalue weighted by atomic mass is 10.0. The molecule has 4 nitrogen and oxygen atoms in total. The molecule has 0 saturated heterocycles. The van der Waals surface area contributed by atoms with Crippen molar-refractivity contribution in [2.75, 3.05) is 10.6 Å². The van der Waals surface area contributed by atoms with Crippen molar-refractivity contribution in [3.8, 4) is 11.1 Å². The first kappa shape index (κ1) is 16.5. The Bertz CT molecular complexity index is 1190. The summed E-state index contributed by atoms with van der Waals surface area (Å²) in [6.07, 6.45) is 4.14. The third kappa shape index (κ3) is 3.09. The van der Waals surface area contributed by atoms with Gasteiger partial charge in [0.25, 0.3) is 0 Å². The van der Waals surface area contributed by atoms with Gasteiger partial charge >= 0.3 is 0 Å². The normalized spacial score (nSPS) is 12.6. The second-order valence-corrected chi connectivity index (χ2v) is 7.05. The molecule has 0 aliphatic carbocycles. The molecule has 4 aromatic rings. The highest BCUT2D eigenvalue weighted by Gasteiger charge is 2.17. The molecule has 0 bridgehead atoms. The summed E-state index contributed by atoms with van der Waals surface area (Å²) in [7, 11) is 0. The molecule has 136 valence electrons. The van der Waals surface area contributed by atoms with E-state index in [9.17, 15) is 4.79 Å². The smallest absolute Gasteiger partial charge is 0.228 e. The molecular weight excluding hydrogens is 346 g/mol. The van der Waals surface area contributed by atoms with E-state index in [0.29, 0.717) is 6.42 Å². The molecule has 2 N–H and O–H groups in total. The number of amides is 1. The van der Waals surface area contributed by atoms with Crippen molar-refractivity contribution in [3.05, 3.63) is 90.3 Å². The van der Waals surface area contributed by atoms with Gasteiger partial charge in [0.15, 0.2) is 0 Å². The highest BCUT2D eigenvalue weighted by atomic mass is 16.1. The zero-order valence-corrected chi connectivity index (χ0v) is 15.3. The summed E-state index contributed by atoms with van der Waals surface area (Å²) < 4.78 is 0. The van der Waals surface area contributed by atoms with E-state index in [1.807, 2.05) is 24.5 Å². The molecule has 5 rings (SSSR count). The minimum absolute atomic E-state index is 0.0516. The number of nitrogens with zero attached hydrogens (tertiary/aromatic N) is 1. The minimum Gasteiger partial charge on any atom is -0.380 e. The van der Waals surface area contributed by atoms with E-state index in [1.165, 1.54) is 16.3 Å². The van der Waals surface area contributed by atoms with Crippen molar-refractivity contribution in [1.29, 1.82) is 0 Å². The number of hydrogen-bond donors (Lipinski definition) is 2. The Labute approximate surface area is 163 Å². The van der Waals surface area contributed by atoms with E-state index in [2.05, 4.69) is 70.2 Å². The van der Waals surface area contributed by atoms with Gasteiger partial charge in [-0.3, -0.25) is 9.78 Å². The number of fused-ring (bicyclic) bond motifs is 2. The highest BCUT2D eigenvalue weighted by molar-refractivity contribution is 5.99. The number of rotatable bonds is 4. The van der Waals surface area contributed by atoms with Crippen LogP contribution < -0.4 is 10.6 Å². The molecule has 0 unspecified atom stereocenters. The minimum atomic E-state index is 0.0516. The number of benzene rings is 3. The van der Waals surface area contributed by atoms with Crippen LogP contribution in [-0.2, 0) is 17.8 Å². The number of nitrogens with one attached hydrogen (secondary N) is 2. The predicted molar refractivity (Wildman–Crippen MR) is 113 cm³/mol. The van der Waals surface area contributed by atoms with E-state index in [-0.39, 0.29) is 5.91 Å². The fourth-order valence-corrected chi connectivity index (χ4v) is 3.75. The molecule has 0 radical (unpaired) electrons. The molecule has 28 heavy (non-hydrogen) atoms. The van der Waals surface area contributed by atoms with Crippen LogP contribution in [0, 0.1) is 0 Å². The third-order valence-corrected chi connectivity index (χ3v) is 5.16. The van der Waals surface area contributed by atoms with Gasteiger partial charge < -0.3 is 10.6 Å². The van der Waals surface area contributed by atoms with Gasteiger partial charge in [-0.2, -0.15) is 0 Å². The maximum absolute atomic E-state index is 11.6. The third-order valence-electron chi connectivity index (χ3n) is 5.16. The number of aromatic nitrogens is 1. The Kier molecular flexibility index (Phi) is 4.02. The van der Waals surface area contributed by atoms with Crippen LogP contribution in [0.25, 0.3) is 21.9 Å². The molecular formula is C24H19N3O. The molecule has 1 aliphatic heterocycles. The summed E-state index contributed by atoms with van der Waals surface area (Å²) in [5, 5.41) is 8.87. The molecule has 1 aliphatic rings. The zero-order chi connectivity index (χ0) is 18.9. The van der Waals surface area contributed by atoms with Crippen LogP contribution in [0.4, 0.5) is 11.4 Å². The first-order valence-electron chi connectivity index (χ1n) is 9.35. The molecule has 0 fully saturated rings. The van der Waals surface area contributed by atoms with Gasteiger partial charge in [-0.05, 0) is 45.7 Å². The average Bonchev–Trinajstić information content (AvgIpc) is 3.11. The summed E-state index contributed by atoms with van der Waals surface area (Å²) >= 11 is 0. The van der Waals surface area contributed by atoms with Crippen molar-refractivity contribution in [3.63, 3.8) is 0 Å². The first-order valence-corrected chi connectivity index (χ1v) is 9.35. The zero-order valence-electron chi connectivity index (χ0n) is 15.3. The summed E-state index contributed by atoms with van der Waals surface area (Å²) in [5.74, 6) is 0.0516. The lowest BCUT2D eigenvalue weighted by Gasteiger charge is -2.11. The second kappa shape index (κ2) is 6.82. The topological polar surface area (TPSA) is 54.0 Å². The lowest BCUT2D eigenvalue weighted by Crippen LogP contribution is -2.03. The Morgan fingerprint density at radius 2 is 1.82 bits per heavy atom. The largest absolute Gasteiger partial charge is 0.380 e. The Morgan fingerprint density at radius 1 is 0.929 bits per heavy atom. The quantitative estimate of drug-likeness (QED) is 0.535. The van der Waals surface area contributed by atoms with E-state index < -0.39 is 0 Å². The maximum Gasteiger partial charge on any atom is 0.228 e. The molecule has 0 saturated carbocycles. The van der Waals surface area contributed by atoms with Gasteiger partial charge in [-0.25, -0.2) is 0 Å². The highest BCUT2D eigenvalue weighted by Crippen LogP contribution is 2.30. The number of anilines is 2. The summed E-state index contributed by atoms with van der Waals surface area (Å²) in [5.41, 5.74) is 6.27. The van der Waals surface area contributed by atoms with Crippen LogP contribution in [0.15, 0.2) is 79.1 Å². The van der Waals surface area contributed by atoms with Gasteiger partial charge in [0.2, 0.25) is 5.91 Å². The fourth-order valence-electron chi connectivity index (χ4n) is 3.75. The van der Waals surface area contributed by atoms with Crippen LogP contribution in [0.1, 0.15) is 11.1 Å². The molecule has 3 aromatic carbocycles. The molecule has 1 aromatic heterocycles. The summed E-state index contributed by atoms with van der Waals surface area (Å²) in [6, 6.07) is 23.0. The SMILES string of the molecule is O=C1Cc2cc(-c3cncc(NCc4cccc5ccccc45)c3)ccc2N1. The molecule has 1 amide bonds. The number of carbonyl (C=O) groups excluding carboxylic acids is 1. The standard InChI is InChI=1S/C24H19N3O/c28-24-12-19-10-17(8-9-23(19)27-24)20-11-21(15-25-13-20)26-14-18-6-3-5-16-4-1-2-7-22(16)18/h1-11,13,15,26H,12,14H2,(H,27,28). The van der Waals surface area contributed by atoms with E-state index in [1.54, 1.807) is 0 Å². The van der Waals surface area contributed by atoms with E-state index >= 15 is 0 Å². The van der Waals surface area contributed by atoms with Crippen molar-refractivity contribution >= 4 is 28.1 Å². The van der Waals surface area contributed by atoms with Crippen molar-refractivity contribution in [1.82, 2.24) is 4.98 Å².